The molecule has 0 aromatic heterocycles. The Hall–Kier alpha value is -1.71. The summed E-state index contributed by atoms with van der Waals surface area (Å²) < 4.78 is 10.5. The van der Waals surface area contributed by atoms with Crippen LogP contribution in [0.2, 0.25) is 10.0 Å². The van der Waals surface area contributed by atoms with Crippen molar-refractivity contribution in [2.45, 2.75) is 6.92 Å². The van der Waals surface area contributed by atoms with E-state index >= 15 is 0 Å². The zero-order valence-electron chi connectivity index (χ0n) is 10.7. The van der Waals surface area contributed by atoms with Gasteiger partial charge in [-0.25, -0.2) is 4.79 Å². The van der Waals surface area contributed by atoms with Gasteiger partial charge in [0, 0.05) is 10.0 Å². The van der Waals surface area contributed by atoms with E-state index in [1.165, 1.54) is 0 Å². The third kappa shape index (κ3) is 4.15. The van der Waals surface area contributed by atoms with Crippen LogP contribution in [0.3, 0.4) is 0 Å². The van der Waals surface area contributed by atoms with Gasteiger partial charge in [-0.1, -0.05) is 23.2 Å². The molecule has 0 saturated carbocycles. The molecule has 0 N–H and O–H groups in total. The lowest BCUT2D eigenvalue weighted by molar-refractivity contribution is -0.136. The van der Waals surface area contributed by atoms with E-state index < -0.39 is 5.97 Å². The van der Waals surface area contributed by atoms with Crippen LogP contribution in [-0.2, 0) is 4.79 Å². The van der Waals surface area contributed by atoms with Crippen LogP contribution in [0.4, 0.5) is 0 Å². The molecular weight excluding hydrogens is 299 g/mol. The number of halogens is 2. The molecule has 0 aliphatic heterocycles. The minimum atomic E-state index is -0.485. The van der Waals surface area contributed by atoms with Crippen molar-refractivity contribution in [2.75, 3.05) is 6.61 Å². The molecule has 0 saturated heterocycles. The van der Waals surface area contributed by atoms with Crippen LogP contribution in [0.5, 0.6) is 11.5 Å². The number of rotatable bonds is 4. The number of carbonyl (C=O) groups is 1. The Balaban J connectivity index is 1.90. The van der Waals surface area contributed by atoms with Crippen LogP contribution in [0.25, 0.3) is 0 Å². The van der Waals surface area contributed by atoms with Gasteiger partial charge in [-0.15, -0.1) is 0 Å². The first kappa shape index (κ1) is 14.7. The maximum absolute atomic E-state index is 11.6. The van der Waals surface area contributed by atoms with Crippen LogP contribution in [-0.4, -0.2) is 12.6 Å². The second kappa shape index (κ2) is 6.64. The van der Waals surface area contributed by atoms with Gasteiger partial charge in [-0.3, -0.25) is 0 Å². The van der Waals surface area contributed by atoms with Gasteiger partial charge >= 0.3 is 5.97 Å². The third-order valence-corrected chi connectivity index (χ3v) is 3.01. The molecule has 2 aromatic carbocycles. The number of benzene rings is 2. The number of ether oxygens (including phenoxy) is 2. The summed E-state index contributed by atoms with van der Waals surface area (Å²) in [5.74, 6) is 0.542. The average molecular weight is 311 g/mol. The van der Waals surface area contributed by atoms with Crippen molar-refractivity contribution < 1.29 is 14.3 Å². The number of aryl methyl sites for hydroxylation is 1. The van der Waals surface area contributed by atoms with Crippen molar-refractivity contribution >= 4 is 29.2 Å². The Labute approximate surface area is 127 Å². The maximum Gasteiger partial charge on any atom is 0.349 e. The van der Waals surface area contributed by atoms with Crippen LogP contribution in [0, 0.1) is 6.92 Å². The molecule has 0 radical (unpaired) electrons. The summed E-state index contributed by atoms with van der Waals surface area (Å²) in [4.78, 5) is 11.6. The molecule has 20 heavy (non-hydrogen) atoms. The molecule has 5 heteroatoms. The zero-order valence-corrected chi connectivity index (χ0v) is 12.2. The Kier molecular flexibility index (Phi) is 4.88. The lowest BCUT2D eigenvalue weighted by Crippen LogP contribution is -2.17. The molecule has 2 aromatic rings. The van der Waals surface area contributed by atoms with E-state index in [4.69, 9.17) is 32.7 Å². The standard InChI is InChI=1S/C15H12Cl2O3/c1-10-8-12(17)4-7-14(10)19-9-15(18)20-13-5-2-11(16)3-6-13/h2-8H,9H2,1H3. The molecule has 2 rings (SSSR count). The molecule has 0 bridgehead atoms. The van der Waals surface area contributed by atoms with Gasteiger partial charge < -0.3 is 9.47 Å². The van der Waals surface area contributed by atoms with Crippen molar-refractivity contribution in [2.24, 2.45) is 0 Å². The lowest BCUT2D eigenvalue weighted by atomic mass is 10.2. The highest BCUT2D eigenvalue weighted by atomic mass is 35.5. The van der Waals surface area contributed by atoms with E-state index in [0.29, 0.717) is 21.5 Å². The van der Waals surface area contributed by atoms with E-state index in [0.717, 1.165) is 5.56 Å². The Morgan fingerprint density at radius 2 is 1.70 bits per heavy atom. The summed E-state index contributed by atoms with van der Waals surface area (Å²) in [7, 11) is 0. The van der Waals surface area contributed by atoms with E-state index in [-0.39, 0.29) is 6.61 Å². The summed E-state index contributed by atoms with van der Waals surface area (Å²) in [5.41, 5.74) is 0.858. The second-order valence-corrected chi connectivity index (χ2v) is 5.00. The van der Waals surface area contributed by atoms with Crippen molar-refractivity contribution in [1.82, 2.24) is 0 Å². The van der Waals surface area contributed by atoms with Gasteiger partial charge in [0.25, 0.3) is 0 Å². The van der Waals surface area contributed by atoms with Gasteiger partial charge in [0.05, 0.1) is 0 Å². The zero-order chi connectivity index (χ0) is 14.5. The molecule has 3 nitrogen and oxygen atoms in total. The number of hydrogen-bond acceptors (Lipinski definition) is 3. The number of hydrogen-bond donors (Lipinski definition) is 0. The second-order valence-electron chi connectivity index (χ2n) is 4.13. The lowest BCUT2D eigenvalue weighted by Gasteiger charge is -2.09. The van der Waals surface area contributed by atoms with Gasteiger partial charge in [0.2, 0.25) is 0 Å². The van der Waals surface area contributed by atoms with E-state index in [1.807, 2.05) is 6.92 Å². The highest BCUT2D eigenvalue weighted by molar-refractivity contribution is 6.30. The van der Waals surface area contributed by atoms with Crippen molar-refractivity contribution in [3.8, 4) is 11.5 Å². The normalized spacial score (nSPS) is 10.2. The molecule has 0 amide bonds. The number of esters is 1. The first-order valence-electron chi connectivity index (χ1n) is 5.90. The molecular formula is C15H12Cl2O3. The molecule has 0 aliphatic rings. The number of carbonyl (C=O) groups excluding carboxylic acids is 1. The summed E-state index contributed by atoms with van der Waals surface area (Å²) in [6.07, 6.45) is 0. The highest BCUT2D eigenvalue weighted by Crippen LogP contribution is 2.22. The highest BCUT2D eigenvalue weighted by Gasteiger charge is 2.08. The first-order valence-corrected chi connectivity index (χ1v) is 6.65. The third-order valence-electron chi connectivity index (χ3n) is 2.53. The fraction of sp³-hybridized carbons (Fsp3) is 0.133. The molecule has 0 unspecified atom stereocenters. The Morgan fingerprint density at radius 3 is 2.35 bits per heavy atom. The van der Waals surface area contributed by atoms with E-state index in [9.17, 15) is 4.79 Å². The maximum atomic E-state index is 11.6. The van der Waals surface area contributed by atoms with Crippen molar-refractivity contribution in [1.29, 1.82) is 0 Å². The average Bonchev–Trinajstić information content (AvgIpc) is 2.40. The SMILES string of the molecule is Cc1cc(Cl)ccc1OCC(=O)Oc1ccc(Cl)cc1. The quantitative estimate of drug-likeness (QED) is 0.624. The molecule has 0 heterocycles. The van der Waals surface area contributed by atoms with Gasteiger partial charge in [0.1, 0.15) is 11.5 Å². The Morgan fingerprint density at radius 1 is 1.05 bits per heavy atom. The van der Waals surface area contributed by atoms with Crippen LogP contribution < -0.4 is 9.47 Å². The van der Waals surface area contributed by atoms with Crippen molar-refractivity contribution in [3.63, 3.8) is 0 Å². The van der Waals surface area contributed by atoms with Crippen molar-refractivity contribution in [3.05, 3.63) is 58.1 Å². The van der Waals surface area contributed by atoms with E-state index in [2.05, 4.69) is 0 Å². The van der Waals surface area contributed by atoms with Crippen LogP contribution >= 0.6 is 23.2 Å². The van der Waals surface area contributed by atoms with Gasteiger partial charge in [-0.05, 0) is 55.0 Å². The minimum Gasteiger partial charge on any atom is -0.482 e. The topological polar surface area (TPSA) is 35.5 Å². The van der Waals surface area contributed by atoms with Gasteiger partial charge in [-0.2, -0.15) is 0 Å². The largest absolute Gasteiger partial charge is 0.482 e. The summed E-state index contributed by atoms with van der Waals surface area (Å²) in [6.45, 7) is 1.68. The van der Waals surface area contributed by atoms with Gasteiger partial charge in [0.15, 0.2) is 6.61 Å². The first-order chi connectivity index (χ1) is 9.54. The molecule has 0 spiro atoms. The minimum absolute atomic E-state index is 0.175. The van der Waals surface area contributed by atoms with Crippen LogP contribution in [0.15, 0.2) is 42.5 Å². The smallest absolute Gasteiger partial charge is 0.349 e. The molecule has 0 fully saturated rings. The fourth-order valence-corrected chi connectivity index (χ4v) is 1.93. The summed E-state index contributed by atoms with van der Waals surface area (Å²) >= 11 is 11.6. The summed E-state index contributed by atoms with van der Waals surface area (Å²) in [5, 5.41) is 1.21. The fourth-order valence-electron chi connectivity index (χ4n) is 1.57. The monoisotopic (exact) mass is 310 g/mol. The van der Waals surface area contributed by atoms with Crippen LogP contribution in [0.1, 0.15) is 5.56 Å². The molecule has 104 valence electrons. The Bertz CT molecular complexity index is 609. The molecule has 0 aliphatic carbocycles. The molecule has 0 atom stereocenters. The predicted molar refractivity (Wildman–Crippen MR) is 78.8 cm³/mol. The van der Waals surface area contributed by atoms with E-state index in [1.54, 1.807) is 42.5 Å². The predicted octanol–water partition coefficient (Wildman–Crippen LogP) is 4.29. The summed E-state index contributed by atoms with van der Waals surface area (Å²) in [6, 6.07) is 11.7.